The predicted octanol–water partition coefficient (Wildman–Crippen LogP) is 2.57. The molecule has 1 aromatic carbocycles. The average Bonchev–Trinajstić information content (AvgIpc) is 2.33. The molecule has 0 aromatic heterocycles. The highest BCUT2D eigenvalue weighted by Gasteiger charge is 2.38. The molecule has 1 aromatic rings. The summed E-state index contributed by atoms with van der Waals surface area (Å²) in [5, 5.41) is 9.67. The quantitative estimate of drug-likeness (QED) is 0.882. The van der Waals surface area contributed by atoms with Crippen LogP contribution in [0.4, 0.5) is 8.78 Å². The summed E-state index contributed by atoms with van der Waals surface area (Å²) in [4.78, 5) is 0. The standard InChI is InChI=1S/C13H16F2O2/c14-13(15,11-4-2-1-3-5-11)8-10-9-17-7-6-12(10)16/h1-5,10,12,16H,6-9H2. The van der Waals surface area contributed by atoms with Gasteiger partial charge in [-0.05, 0) is 6.42 Å². The van der Waals surface area contributed by atoms with Gasteiger partial charge in [-0.3, -0.25) is 0 Å². The number of aliphatic hydroxyl groups is 1. The van der Waals surface area contributed by atoms with Crippen molar-refractivity contribution in [2.45, 2.75) is 24.9 Å². The number of ether oxygens (including phenoxy) is 1. The second-order valence-electron chi connectivity index (χ2n) is 4.47. The van der Waals surface area contributed by atoms with Crippen LogP contribution in [0.2, 0.25) is 0 Å². The molecule has 0 saturated carbocycles. The van der Waals surface area contributed by atoms with E-state index in [0.717, 1.165) is 0 Å². The van der Waals surface area contributed by atoms with E-state index in [9.17, 15) is 13.9 Å². The third-order valence-corrected chi connectivity index (χ3v) is 3.15. The Balaban J connectivity index is 2.06. The molecule has 0 amide bonds. The van der Waals surface area contributed by atoms with E-state index in [2.05, 4.69) is 0 Å². The van der Waals surface area contributed by atoms with E-state index < -0.39 is 17.9 Å². The Hall–Kier alpha value is -1.00. The minimum absolute atomic E-state index is 0.00206. The maximum Gasteiger partial charge on any atom is 0.273 e. The molecule has 1 N–H and O–H groups in total. The molecule has 1 aliphatic heterocycles. The lowest BCUT2D eigenvalue weighted by Crippen LogP contribution is -2.35. The van der Waals surface area contributed by atoms with Gasteiger partial charge in [0.05, 0.1) is 12.7 Å². The van der Waals surface area contributed by atoms with E-state index in [0.29, 0.717) is 13.0 Å². The van der Waals surface area contributed by atoms with Gasteiger partial charge in [0, 0.05) is 24.5 Å². The zero-order chi connectivity index (χ0) is 12.3. The molecular weight excluding hydrogens is 226 g/mol. The lowest BCUT2D eigenvalue weighted by molar-refractivity contribution is -0.0950. The van der Waals surface area contributed by atoms with Crippen LogP contribution in [0.15, 0.2) is 30.3 Å². The van der Waals surface area contributed by atoms with E-state index in [1.807, 2.05) is 0 Å². The normalized spacial score (nSPS) is 25.8. The molecule has 1 saturated heterocycles. The van der Waals surface area contributed by atoms with Crippen LogP contribution in [0.25, 0.3) is 0 Å². The van der Waals surface area contributed by atoms with Gasteiger partial charge in [-0.1, -0.05) is 30.3 Å². The van der Waals surface area contributed by atoms with Crippen molar-refractivity contribution in [2.75, 3.05) is 13.2 Å². The molecule has 4 heteroatoms. The first-order chi connectivity index (χ1) is 8.09. The fourth-order valence-corrected chi connectivity index (χ4v) is 2.11. The molecule has 0 spiro atoms. The molecule has 1 heterocycles. The van der Waals surface area contributed by atoms with Crippen LogP contribution in [0, 0.1) is 5.92 Å². The van der Waals surface area contributed by atoms with Crippen LogP contribution in [0.3, 0.4) is 0 Å². The van der Waals surface area contributed by atoms with Gasteiger partial charge in [-0.2, -0.15) is 0 Å². The minimum atomic E-state index is -2.91. The van der Waals surface area contributed by atoms with Crippen molar-refractivity contribution >= 4 is 0 Å². The molecule has 2 rings (SSSR count). The van der Waals surface area contributed by atoms with E-state index in [-0.39, 0.29) is 18.6 Å². The van der Waals surface area contributed by atoms with Crippen LogP contribution in [0.1, 0.15) is 18.4 Å². The summed E-state index contributed by atoms with van der Waals surface area (Å²) in [6.07, 6.45) is -0.605. The van der Waals surface area contributed by atoms with Gasteiger partial charge in [0.1, 0.15) is 0 Å². The molecule has 1 fully saturated rings. The van der Waals surface area contributed by atoms with Gasteiger partial charge in [0.2, 0.25) is 0 Å². The Labute approximate surface area is 99.2 Å². The van der Waals surface area contributed by atoms with E-state index in [1.54, 1.807) is 18.2 Å². The van der Waals surface area contributed by atoms with Crippen molar-refractivity contribution in [3.05, 3.63) is 35.9 Å². The summed E-state index contributed by atoms with van der Waals surface area (Å²) in [7, 11) is 0. The number of benzene rings is 1. The first kappa shape index (κ1) is 12.5. The zero-order valence-electron chi connectivity index (χ0n) is 9.48. The Bertz CT molecular complexity index is 354. The summed E-state index contributed by atoms with van der Waals surface area (Å²) < 4.78 is 33.0. The Morgan fingerprint density at radius 3 is 2.65 bits per heavy atom. The maximum atomic E-state index is 13.9. The smallest absolute Gasteiger partial charge is 0.273 e. The summed E-state index contributed by atoms with van der Waals surface area (Å²) in [6, 6.07) is 7.72. The largest absolute Gasteiger partial charge is 0.393 e. The van der Waals surface area contributed by atoms with Gasteiger partial charge < -0.3 is 9.84 Å². The Morgan fingerprint density at radius 2 is 2.00 bits per heavy atom. The number of hydrogen-bond donors (Lipinski definition) is 1. The fourth-order valence-electron chi connectivity index (χ4n) is 2.11. The number of alkyl halides is 2. The molecule has 2 unspecified atom stereocenters. The number of halogens is 2. The topological polar surface area (TPSA) is 29.5 Å². The van der Waals surface area contributed by atoms with Crippen molar-refractivity contribution in [1.82, 2.24) is 0 Å². The van der Waals surface area contributed by atoms with Crippen molar-refractivity contribution in [3.63, 3.8) is 0 Å². The summed E-state index contributed by atoms with van der Waals surface area (Å²) >= 11 is 0. The maximum absolute atomic E-state index is 13.9. The van der Waals surface area contributed by atoms with Gasteiger partial charge in [0.15, 0.2) is 0 Å². The number of aliphatic hydroxyl groups excluding tert-OH is 1. The Morgan fingerprint density at radius 1 is 1.29 bits per heavy atom. The summed E-state index contributed by atoms with van der Waals surface area (Å²) in [6.45, 7) is 0.665. The minimum Gasteiger partial charge on any atom is -0.393 e. The van der Waals surface area contributed by atoms with Gasteiger partial charge in [-0.15, -0.1) is 0 Å². The SMILES string of the molecule is OC1CCOCC1CC(F)(F)c1ccccc1. The third-order valence-electron chi connectivity index (χ3n) is 3.15. The second kappa shape index (κ2) is 5.10. The average molecular weight is 242 g/mol. The van der Waals surface area contributed by atoms with Crippen molar-refractivity contribution in [3.8, 4) is 0 Å². The number of rotatable bonds is 3. The molecule has 0 bridgehead atoms. The molecule has 2 nitrogen and oxygen atoms in total. The van der Waals surface area contributed by atoms with Crippen LogP contribution in [-0.4, -0.2) is 24.4 Å². The third kappa shape index (κ3) is 3.01. The molecule has 17 heavy (non-hydrogen) atoms. The summed E-state index contributed by atoms with van der Waals surface area (Å²) in [5.41, 5.74) is -0.00206. The highest BCUT2D eigenvalue weighted by Crippen LogP contribution is 2.36. The zero-order valence-corrected chi connectivity index (χ0v) is 9.48. The Kier molecular flexibility index (Phi) is 3.74. The van der Waals surface area contributed by atoms with Crippen molar-refractivity contribution in [1.29, 1.82) is 0 Å². The molecular formula is C13H16F2O2. The highest BCUT2D eigenvalue weighted by molar-refractivity contribution is 5.20. The monoisotopic (exact) mass is 242 g/mol. The predicted molar refractivity (Wildman–Crippen MR) is 59.9 cm³/mol. The second-order valence-corrected chi connectivity index (χ2v) is 4.47. The van der Waals surface area contributed by atoms with E-state index in [1.165, 1.54) is 12.1 Å². The molecule has 1 aliphatic rings. The lowest BCUT2D eigenvalue weighted by Gasteiger charge is -2.30. The van der Waals surface area contributed by atoms with Gasteiger partial charge >= 0.3 is 0 Å². The lowest BCUT2D eigenvalue weighted by atomic mass is 9.90. The fraction of sp³-hybridized carbons (Fsp3) is 0.538. The van der Waals surface area contributed by atoms with Crippen LogP contribution < -0.4 is 0 Å². The molecule has 94 valence electrons. The molecule has 0 radical (unpaired) electrons. The van der Waals surface area contributed by atoms with E-state index in [4.69, 9.17) is 4.74 Å². The highest BCUT2D eigenvalue weighted by atomic mass is 19.3. The van der Waals surface area contributed by atoms with Crippen LogP contribution in [0.5, 0.6) is 0 Å². The van der Waals surface area contributed by atoms with Gasteiger partial charge in [0.25, 0.3) is 5.92 Å². The van der Waals surface area contributed by atoms with Crippen molar-refractivity contribution < 1.29 is 18.6 Å². The van der Waals surface area contributed by atoms with Gasteiger partial charge in [-0.25, -0.2) is 8.78 Å². The number of hydrogen-bond acceptors (Lipinski definition) is 2. The van der Waals surface area contributed by atoms with Crippen molar-refractivity contribution in [2.24, 2.45) is 5.92 Å². The van der Waals surface area contributed by atoms with Crippen LogP contribution >= 0.6 is 0 Å². The summed E-state index contributed by atoms with van der Waals surface area (Å²) in [5.74, 6) is -3.40. The van der Waals surface area contributed by atoms with E-state index >= 15 is 0 Å². The molecule has 2 atom stereocenters. The first-order valence-corrected chi connectivity index (χ1v) is 5.79. The van der Waals surface area contributed by atoms with Crippen LogP contribution in [-0.2, 0) is 10.7 Å². The first-order valence-electron chi connectivity index (χ1n) is 5.79. The molecule has 0 aliphatic carbocycles.